The molecule has 0 spiro atoms. The first kappa shape index (κ1) is 22.8. The van der Waals surface area contributed by atoms with E-state index in [1.54, 1.807) is 23.2 Å². The van der Waals surface area contributed by atoms with Crippen molar-refractivity contribution in [3.05, 3.63) is 47.1 Å². The number of carbonyl (C=O) groups excluding carboxylic acids is 2. The van der Waals surface area contributed by atoms with Crippen LogP contribution in [0.15, 0.2) is 36.5 Å². The molecule has 0 radical (unpaired) electrons. The van der Waals surface area contributed by atoms with E-state index in [9.17, 15) is 14.7 Å². The number of phenols is 1. The van der Waals surface area contributed by atoms with Crippen LogP contribution < -0.4 is 15.4 Å². The minimum Gasteiger partial charge on any atom is -0.503 e. The number of benzene rings is 2. The van der Waals surface area contributed by atoms with Gasteiger partial charge in [0.15, 0.2) is 17.3 Å². The number of rotatable bonds is 5. The molecule has 1 aromatic heterocycles. The van der Waals surface area contributed by atoms with Gasteiger partial charge in [-0.25, -0.2) is 0 Å². The number of methoxy groups -OCH3 is 1. The minimum absolute atomic E-state index is 0.0150. The van der Waals surface area contributed by atoms with Crippen molar-refractivity contribution < 1.29 is 19.4 Å². The Balaban J connectivity index is 1.82. The van der Waals surface area contributed by atoms with Crippen molar-refractivity contribution in [2.24, 2.45) is 5.73 Å². The van der Waals surface area contributed by atoms with Gasteiger partial charge >= 0.3 is 0 Å². The van der Waals surface area contributed by atoms with Gasteiger partial charge in [0.25, 0.3) is 0 Å². The molecule has 1 fully saturated rings. The molecule has 172 valence electrons. The highest BCUT2D eigenvalue weighted by Gasteiger charge is 2.25. The molecule has 0 aliphatic carbocycles. The molecule has 4 rings (SSSR count). The number of nitrogens with zero attached hydrogens (tertiary/aromatic N) is 3. The van der Waals surface area contributed by atoms with E-state index in [4.69, 9.17) is 22.1 Å². The number of anilines is 1. The van der Waals surface area contributed by atoms with Crippen LogP contribution in [0.25, 0.3) is 22.0 Å². The van der Waals surface area contributed by atoms with Gasteiger partial charge < -0.3 is 25.4 Å². The number of ketones is 1. The van der Waals surface area contributed by atoms with Crippen LogP contribution in [0.4, 0.5) is 5.69 Å². The van der Waals surface area contributed by atoms with Crippen LogP contribution in [0, 0.1) is 0 Å². The van der Waals surface area contributed by atoms with E-state index in [1.165, 1.54) is 14.0 Å². The molecule has 1 aliphatic rings. The summed E-state index contributed by atoms with van der Waals surface area (Å²) in [5.41, 5.74) is 9.17. The molecule has 0 bridgehead atoms. The second-order valence-corrected chi connectivity index (χ2v) is 8.30. The Kier molecular flexibility index (Phi) is 6.40. The number of carbonyl (C=O) groups is 2. The van der Waals surface area contributed by atoms with Gasteiger partial charge in [0.05, 0.1) is 35.4 Å². The van der Waals surface area contributed by atoms with E-state index in [1.807, 2.05) is 18.2 Å². The number of aromatic hydroxyl groups is 1. The Hall–Kier alpha value is -3.36. The maximum Gasteiger partial charge on any atom is 0.236 e. The normalized spacial score (nSPS) is 13.9. The zero-order chi connectivity index (χ0) is 23.7. The molecule has 2 aromatic carbocycles. The smallest absolute Gasteiger partial charge is 0.236 e. The van der Waals surface area contributed by atoms with Crippen LogP contribution in [-0.2, 0) is 4.79 Å². The number of aromatic nitrogens is 1. The Labute approximate surface area is 196 Å². The number of phenolic OH excluding ortho intramolecular Hbond substituents is 1. The maximum atomic E-state index is 12.5. The molecular formula is C24H25ClN4O4. The lowest BCUT2D eigenvalue weighted by atomic mass is 9.99. The molecule has 0 saturated carbocycles. The third-order valence-corrected chi connectivity index (χ3v) is 6.21. The van der Waals surface area contributed by atoms with E-state index in [0.29, 0.717) is 31.7 Å². The van der Waals surface area contributed by atoms with Gasteiger partial charge in [0.2, 0.25) is 5.91 Å². The Morgan fingerprint density at radius 1 is 1.15 bits per heavy atom. The van der Waals surface area contributed by atoms with Gasteiger partial charge in [0, 0.05) is 37.8 Å². The first-order chi connectivity index (χ1) is 15.8. The number of hydrogen-bond donors (Lipinski definition) is 2. The van der Waals surface area contributed by atoms with Crippen LogP contribution in [0.1, 0.15) is 17.3 Å². The number of ether oxygens (including phenoxy) is 1. The standard InChI is InChI=1S/C24H25ClN4O4/c1-14(30)18-13-27-20-4-3-15(16-10-19(25)24(32)21(11-16)33-2)9-17(20)23(18)29-7-5-28(6-8-29)22(31)12-26/h3-4,9-11,13,32H,5-8,12,26H2,1-2H3. The molecule has 2 heterocycles. The average molecular weight is 469 g/mol. The molecule has 1 aliphatic heterocycles. The van der Waals surface area contributed by atoms with E-state index in [2.05, 4.69) is 9.88 Å². The van der Waals surface area contributed by atoms with E-state index in [-0.39, 0.29) is 34.8 Å². The highest BCUT2D eigenvalue weighted by Crippen LogP contribution is 2.40. The lowest BCUT2D eigenvalue weighted by Gasteiger charge is -2.37. The fourth-order valence-electron chi connectivity index (χ4n) is 4.16. The number of piperazine rings is 1. The van der Waals surface area contributed by atoms with Gasteiger partial charge in [-0.3, -0.25) is 14.6 Å². The van der Waals surface area contributed by atoms with Crippen LogP contribution in [0.3, 0.4) is 0 Å². The lowest BCUT2D eigenvalue weighted by Crippen LogP contribution is -2.50. The second kappa shape index (κ2) is 9.25. The Bertz CT molecular complexity index is 1240. The largest absolute Gasteiger partial charge is 0.503 e. The molecule has 1 amide bonds. The fraction of sp³-hybridized carbons (Fsp3) is 0.292. The molecule has 9 heteroatoms. The summed E-state index contributed by atoms with van der Waals surface area (Å²) in [6.07, 6.45) is 1.61. The summed E-state index contributed by atoms with van der Waals surface area (Å²) in [6, 6.07) is 9.14. The summed E-state index contributed by atoms with van der Waals surface area (Å²) < 4.78 is 5.24. The quantitative estimate of drug-likeness (QED) is 0.554. The van der Waals surface area contributed by atoms with Crippen molar-refractivity contribution in [3.63, 3.8) is 0 Å². The summed E-state index contributed by atoms with van der Waals surface area (Å²) in [5, 5.41) is 11.1. The lowest BCUT2D eigenvalue weighted by molar-refractivity contribution is -0.129. The van der Waals surface area contributed by atoms with E-state index < -0.39 is 0 Å². The Morgan fingerprint density at radius 2 is 1.88 bits per heavy atom. The number of Topliss-reactive ketones (excluding diaryl/α,β-unsaturated/α-hetero) is 1. The maximum absolute atomic E-state index is 12.5. The molecule has 1 saturated heterocycles. The van der Waals surface area contributed by atoms with Gasteiger partial charge in [-0.15, -0.1) is 0 Å². The summed E-state index contributed by atoms with van der Waals surface area (Å²) in [7, 11) is 1.46. The monoisotopic (exact) mass is 468 g/mol. The van der Waals surface area contributed by atoms with Crippen LogP contribution in [0.5, 0.6) is 11.5 Å². The second-order valence-electron chi connectivity index (χ2n) is 7.89. The van der Waals surface area contributed by atoms with E-state index >= 15 is 0 Å². The first-order valence-electron chi connectivity index (χ1n) is 10.6. The molecule has 0 unspecified atom stereocenters. The van der Waals surface area contributed by atoms with Crippen molar-refractivity contribution in [2.75, 3.05) is 44.7 Å². The van der Waals surface area contributed by atoms with Crippen molar-refractivity contribution in [1.29, 1.82) is 0 Å². The SMILES string of the molecule is COc1cc(-c2ccc3ncc(C(C)=O)c(N4CCN(C(=O)CN)CC4)c3c2)cc(Cl)c1O. The topological polar surface area (TPSA) is 109 Å². The number of nitrogens with two attached hydrogens (primary N) is 1. The summed E-state index contributed by atoms with van der Waals surface area (Å²) in [5.74, 6) is -0.00923. The third-order valence-electron chi connectivity index (χ3n) is 5.92. The zero-order valence-electron chi connectivity index (χ0n) is 18.5. The fourth-order valence-corrected chi connectivity index (χ4v) is 4.37. The predicted octanol–water partition coefficient (Wildman–Crippen LogP) is 3.08. The van der Waals surface area contributed by atoms with Crippen LogP contribution in [-0.4, -0.2) is 66.5 Å². The van der Waals surface area contributed by atoms with Gasteiger partial charge in [-0.1, -0.05) is 17.7 Å². The van der Waals surface area contributed by atoms with Crippen molar-refractivity contribution >= 4 is 39.9 Å². The van der Waals surface area contributed by atoms with Crippen LogP contribution >= 0.6 is 11.6 Å². The number of pyridine rings is 1. The zero-order valence-corrected chi connectivity index (χ0v) is 19.2. The number of fused-ring (bicyclic) bond motifs is 1. The minimum atomic E-state index is -0.116. The third kappa shape index (κ3) is 4.31. The molecule has 0 atom stereocenters. The first-order valence-corrected chi connectivity index (χ1v) is 10.9. The van der Waals surface area contributed by atoms with Gasteiger partial charge in [0.1, 0.15) is 0 Å². The number of hydrogen-bond acceptors (Lipinski definition) is 7. The molecule has 3 aromatic rings. The van der Waals surface area contributed by atoms with E-state index in [0.717, 1.165) is 27.7 Å². The van der Waals surface area contributed by atoms with Crippen molar-refractivity contribution in [2.45, 2.75) is 6.92 Å². The summed E-state index contributed by atoms with van der Waals surface area (Å²) in [6.45, 7) is 3.72. The summed E-state index contributed by atoms with van der Waals surface area (Å²) in [4.78, 5) is 32.8. The van der Waals surface area contributed by atoms with Gasteiger partial charge in [-0.05, 0) is 42.3 Å². The molecule has 8 nitrogen and oxygen atoms in total. The average Bonchev–Trinajstić information content (AvgIpc) is 2.84. The number of halogens is 1. The summed E-state index contributed by atoms with van der Waals surface area (Å²) >= 11 is 6.20. The van der Waals surface area contributed by atoms with Gasteiger partial charge in [-0.2, -0.15) is 0 Å². The predicted molar refractivity (Wildman–Crippen MR) is 128 cm³/mol. The molecule has 3 N–H and O–H groups in total. The van der Waals surface area contributed by atoms with Crippen molar-refractivity contribution in [1.82, 2.24) is 9.88 Å². The Morgan fingerprint density at radius 3 is 2.52 bits per heavy atom. The highest BCUT2D eigenvalue weighted by molar-refractivity contribution is 6.32. The number of amides is 1. The highest BCUT2D eigenvalue weighted by atomic mass is 35.5. The molecule has 33 heavy (non-hydrogen) atoms. The molecular weight excluding hydrogens is 444 g/mol. The van der Waals surface area contributed by atoms with Crippen molar-refractivity contribution in [3.8, 4) is 22.6 Å². The van der Waals surface area contributed by atoms with Crippen LogP contribution in [0.2, 0.25) is 5.02 Å².